The largest absolute Gasteiger partial charge is 2.00 e. The number of hydrogen-bond acceptors (Lipinski definition) is 1. The van der Waals surface area contributed by atoms with Crippen molar-refractivity contribution in [3.8, 4) is 0 Å². The van der Waals surface area contributed by atoms with Gasteiger partial charge in [0.2, 0.25) is 0 Å². The van der Waals surface area contributed by atoms with E-state index < -0.39 is 0 Å². The molecule has 0 unspecified atom stereocenters. The zero-order valence-electron chi connectivity index (χ0n) is 7.26. The summed E-state index contributed by atoms with van der Waals surface area (Å²) in [5.74, 6) is 0.114. The molecule has 0 heterocycles. The molecule has 0 bridgehead atoms. The summed E-state index contributed by atoms with van der Waals surface area (Å²) in [4.78, 5) is 8.66. The van der Waals surface area contributed by atoms with Gasteiger partial charge in [-0.15, -0.1) is 5.76 Å². The van der Waals surface area contributed by atoms with E-state index in [1.807, 2.05) is 6.92 Å². The van der Waals surface area contributed by atoms with E-state index in [-0.39, 0.29) is 60.4 Å². The van der Waals surface area contributed by atoms with Crippen LogP contribution in [0.25, 0.3) is 0 Å². The van der Waals surface area contributed by atoms with Gasteiger partial charge >= 0.3 is 54.7 Å². The number of unbranched alkanes of at least 4 members (excludes halogenated alkanes) is 1. The third-order valence-corrected chi connectivity index (χ3v) is 1.15. The first-order valence-corrected chi connectivity index (χ1v) is 3.57. The van der Waals surface area contributed by atoms with E-state index in [0.29, 0.717) is 6.42 Å². The average molecular weight is 280 g/mol. The molecule has 0 aliphatic rings. The van der Waals surface area contributed by atoms with Crippen molar-refractivity contribution in [1.82, 2.24) is 0 Å². The average Bonchev–Trinajstić information content (AvgIpc) is 1.82. The molecule has 2 nitrogen and oxygen atoms in total. The summed E-state index contributed by atoms with van der Waals surface area (Å²) in [6.07, 6.45) is 3.75. The van der Waals surface area contributed by atoms with Crippen LogP contribution in [0.3, 0.4) is 0 Å². The Labute approximate surface area is 108 Å². The Balaban J connectivity index is 0. The van der Waals surface area contributed by atoms with Gasteiger partial charge in [-0.3, -0.25) is 4.79 Å². The van der Waals surface area contributed by atoms with Crippen molar-refractivity contribution < 1.29 is 9.90 Å². The minimum absolute atomic E-state index is 0. The van der Waals surface area contributed by atoms with E-state index in [9.17, 15) is 5.11 Å². The number of carbonyl (C=O) groups excluding carboxylic acids is 1. The van der Waals surface area contributed by atoms with E-state index >= 15 is 0 Å². The van der Waals surface area contributed by atoms with E-state index in [2.05, 4.69) is 0 Å². The standard InChI is InChI=1S/C8H14O2.Ba/c1-3-4-5-8(10)6-7(2)9;/h6,10H,3-5H2,1-2H3;/q;+2/b8-6-;. The fourth-order valence-electron chi connectivity index (χ4n) is 0.656. The molecule has 0 rings (SSSR count). The summed E-state index contributed by atoms with van der Waals surface area (Å²) in [6, 6.07) is 0. The van der Waals surface area contributed by atoms with Crippen molar-refractivity contribution in [1.29, 1.82) is 0 Å². The van der Waals surface area contributed by atoms with Gasteiger partial charge in [-0.25, -0.2) is 0 Å². The van der Waals surface area contributed by atoms with Crippen LogP contribution < -0.4 is 5.11 Å². The molecule has 0 aliphatic carbocycles. The van der Waals surface area contributed by atoms with Crippen LogP contribution in [0.5, 0.6) is 0 Å². The van der Waals surface area contributed by atoms with Crippen LogP contribution in [0.2, 0.25) is 0 Å². The van der Waals surface area contributed by atoms with Gasteiger partial charge in [0.15, 0.2) is 0 Å². The Kier molecular flexibility index (Phi) is 11.5. The first-order chi connectivity index (χ1) is 4.66. The van der Waals surface area contributed by atoms with Crippen LogP contribution >= 0.6 is 0 Å². The van der Waals surface area contributed by atoms with Crippen molar-refractivity contribution in [3.05, 3.63) is 11.8 Å². The van der Waals surface area contributed by atoms with Gasteiger partial charge in [-0.2, -0.15) is 0 Å². The van der Waals surface area contributed by atoms with E-state index in [1.165, 1.54) is 13.0 Å². The molecular weight excluding hydrogens is 265 g/mol. The van der Waals surface area contributed by atoms with Gasteiger partial charge in [0, 0.05) is 6.08 Å². The Morgan fingerprint density at radius 2 is 2.09 bits per heavy atom. The van der Waals surface area contributed by atoms with Crippen LogP contribution in [0.15, 0.2) is 11.8 Å². The Bertz CT molecular complexity index is 141. The molecule has 0 aromatic carbocycles. The third-order valence-electron chi connectivity index (χ3n) is 1.15. The Hall–Kier alpha value is 0.781. The van der Waals surface area contributed by atoms with Crippen molar-refractivity contribution >= 4 is 54.7 Å². The predicted molar refractivity (Wildman–Crippen MR) is 46.0 cm³/mol. The molecular formula is C8H14BaO2+2. The first-order valence-electron chi connectivity index (χ1n) is 3.57. The maximum Gasteiger partial charge on any atom is 2.00 e. The van der Waals surface area contributed by atoms with Crippen LogP contribution in [-0.2, 0) is 0 Å². The molecule has 11 heavy (non-hydrogen) atoms. The second kappa shape index (κ2) is 8.87. The molecule has 1 N–H and O–H groups in total. The van der Waals surface area contributed by atoms with Crippen molar-refractivity contribution in [2.45, 2.75) is 33.1 Å². The van der Waals surface area contributed by atoms with Crippen molar-refractivity contribution in [3.63, 3.8) is 0 Å². The van der Waals surface area contributed by atoms with Gasteiger partial charge in [-0.05, 0) is 6.42 Å². The molecule has 0 amide bonds. The Morgan fingerprint density at radius 3 is 2.45 bits per heavy atom. The van der Waals surface area contributed by atoms with Gasteiger partial charge < -0.3 is 5.11 Å². The minimum atomic E-state index is 0. The monoisotopic (exact) mass is 280 g/mol. The summed E-state index contributed by atoms with van der Waals surface area (Å²) < 4.78 is 0. The molecule has 0 aromatic rings. The summed E-state index contributed by atoms with van der Waals surface area (Å²) >= 11 is 0. The molecule has 0 atom stereocenters. The molecule has 0 fully saturated rings. The van der Waals surface area contributed by atoms with E-state index in [0.717, 1.165) is 12.8 Å². The summed E-state index contributed by atoms with van der Waals surface area (Å²) in [5.41, 5.74) is 0. The maximum absolute atomic E-state index is 10.8. The summed E-state index contributed by atoms with van der Waals surface area (Å²) in [6.45, 7) is 3.53. The molecule has 0 aromatic heterocycles. The van der Waals surface area contributed by atoms with E-state index in [4.69, 9.17) is 4.79 Å². The SMILES string of the molecule is CCCC/C([O-])=C/C(C)=[OH+].[Ba+2]. The molecule has 58 valence electrons. The van der Waals surface area contributed by atoms with Gasteiger partial charge in [0.25, 0.3) is 0 Å². The number of allylic oxidation sites excluding steroid dienone is 2. The molecule has 3 heteroatoms. The first kappa shape index (κ1) is 14.3. The molecule has 0 radical (unpaired) electrons. The fraction of sp³-hybridized carbons (Fsp3) is 0.625. The predicted octanol–water partition coefficient (Wildman–Crippen LogP) is 0.605. The van der Waals surface area contributed by atoms with Gasteiger partial charge in [0.05, 0.1) is 6.92 Å². The quantitative estimate of drug-likeness (QED) is 0.322. The fourth-order valence-corrected chi connectivity index (χ4v) is 0.656. The van der Waals surface area contributed by atoms with Crippen LogP contribution in [0.4, 0.5) is 0 Å². The number of rotatable bonds is 4. The van der Waals surface area contributed by atoms with Crippen LogP contribution in [-0.4, -0.2) is 59.5 Å². The zero-order chi connectivity index (χ0) is 7.98. The van der Waals surface area contributed by atoms with Crippen molar-refractivity contribution in [2.24, 2.45) is 0 Å². The summed E-state index contributed by atoms with van der Waals surface area (Å²) in [7, 11) is 0. The zero-order valence-corrected chi connectivity index (χ0v) is 11.7. The molecule has 0 saturated carbocycles. The number of ketones is 1. The Morgan fingerprint density at radius 1 is 1.55 bits per heavy atom. The third kappa shape index (κ3) is 10.8. The van der Waals surface area contributed by atoms with Crippen molar-refractivity contribution in [2.75, 3.05) is 0 Å². The smallest absolute Gasteiger partial charge is 0.875 e. The summed E-state index contributed by atoms with van der Waals surface area (Å²) in [5, 5.41) is 10.8. The van der Waals surface area contributed by atoms with Gasteiger partial charge in [-0.1, -0.05) is 19.8 Å². The molecule has 0 spiro atoms. The van der Waals surface area contributed by atoms with E-state index in [1.54, 1.807) is 0 Å². The normalized spacial score (nSPS) is 10.5. The minimum Gasteiger partial charge on any atom is -0.875 e. The number of hydrogen-bond donors (Lipinski definition) is 0. The second-order valence-electron chi connectivity index (χ2n) is 2.36. The molecule has 0 aliphatic heterocycles. The van der Waals surface area contributed by atoms with Crippen LogP contribution in [0, 0.1) is 0 Å². The topological polar surface area (TPSA) is 44.5 Å². The van der Waals surface area contributed by atoms with Gasteiger partial charge in [0.1, 0.15) is 0 Å². The molecule has 0 saturated heterocycles. The second-order valence-corrected chi connectivity index (χ2v) is 2.36. The van der Waals surface area contributed by atoms with Crippen LogP contribution in [0.1, 0.15) is 33.1 Å². The maximum atomic E-state index is 10.8.